The number of carbonyl (C=O) groups is 4. The van der Waals surface area contributed by atoms with Gasteiger partial charge in [-0.3, -0.25) is 19.2 Å². The van der Waals surface area contributed by atoms with Gasteiger partial charge in [0, 0.05) is 18.8 Å². The molecule has 7 nitrogen and oxygen atoms in total. The summed E-state index contributed by atoms with van der Waals surface area (Å²) in [5.74, 6) is -2.36. The summed E-state index contributed by atoms with van der Waals surface area (Å²) in [5.41, 5.74) is 0.401. The van der Waals surface area contributed by atoms with Gasteiger partial charge in [-0.05, 0) is 49.3 Å². The number of methoxy groups -OCH3 is 1. The summed E-state index contributed by atoms with van der Waals surface area (Å²) in [7, 11) is 1.37. The molecule has 0 heterocycles. The summed E-state index contributed by atoms with van der Waals surface area (Å²) in [4.78, 5) is 51.2. The van der Waals surface area contributed by atoms with E-state index in [0.29, 0.717) is 31.3 Å². The smallest absolute Gasteiger partial charge is 0.324 e. The highest BCUT2D eigenvalue weighted by Gasteiger charge is 2.55. The lowest BCUT2D eigenvalue weighted by atomic mass is 9.73. The van der Waals surface area contributed by atoms with Gasteiger partial charge in [-0.25, -0.2) is 0 Å². The second-order valence-electron chi connectivity index (χ2n) is 9.68. The van der Waals surface area contributed by atoms with Crippen molar-refractivity contribution < 1.29 is 33.4 Å². The van der Waals surface area contributed by atoms with Crippen molar-refractivity contribution in [2.24, 2.45) is 11.3 Å². The van der Waals surface area contributed by atoms with Crippen LogP contribution in [0.2, 0.25) is 0 Å². The van der Waals surface area contributed by atoms with Crippen LogP contribution in [0.25, 0.3) is 0 Å². The molecule has 7 heteroatoms. The molecule has 0 N–H and O–H groups in total. The Hall–Kier alpha value is -3.74. The topological polar surface area (TPSA) is 96.0 Å². The van der Waals surface area contributed by atoms with Crippen molar-refractivity contribution in [3.8, 4) is 0 Å². The average molecular weight is 521 g/mol. The van der Waals surface area contributed by atoms with Crippen LogP contribution in [0.4, 0.5) is 0 Å². The van der Waals surface area contributed by atoms with E-state index in [1.54, 1.807) is 0 Å². The van der Waals surface area contributed by atoms with Gasteiger partial charge >= 0.3 is 17.9 Å². The highest BCUT2D eigenvalue weighted by Crippen LogP contribution is 2.44. The standard InChI is InChI=1S/C31H36O7/c1-31(29(34)37-21-23-13-7-5-8-14-23,30(35)38-22-24-15-9-6-10-16-24)26-19-20-27(32)25(26)17-11-3-4-12-18-28(33)36-2/h5-10,13-17,26H,3-4,11-12,18-22H2,1-2H3/b25-17+/t26-/m0/s1. The van der Waals surface area contributed by atoms with Crippen molar-refractivity contribution in [1.82, 2.24) is 0 Å². The van der Waals surface area contributed by atoms with E-state index in [9.17, 15) is 19.2 Å². The molecule has 1 atom stereocenters. The number of benzene rings is 2. The number of ketones is 1. The normalized spacial score (nSPS) is 16.3. The molecule has 0 bridgehead atoms. The molecule has 202 valence electrons. The maximum absolute atomic E-state index is 13.5. The summed E-state index contributed by atoms with van der Waals surface area (Å²) >= 11 is 0. The first kappa shape index (κ1) is 28.8. The molecule has 0 saturated heterocycles. The van der Waals surface area contributed by atoms with Gasteiger partial charge in [-0.15, -0.1) is 0 Å². The number of rotatable bonds is 13. The van der Waals surface area contributed by atoms with Crippen molar-refractivity contribution in [3.63, 3.8) is 0 Å². The van der Waals surface area contributed by atoms with E-state index in [4.69, 9.17) is 9.47 Å². The summed E-state index contributed by atoms with van der Waals surface area (Å²) < 4.78 is 15.9. The minimum atomic E-state index is -1.67. The van der Waals surface area contributed by atoms with Crippen LogP contribution >= 0.6 is 0 Å². The van der Waals surface area contributed by atoms with E-state index in [0.717, 1.165) is 24.0 Å². The number of Topliss-reactive ketones (excluding diaryl/α,β-unsaturated/α-hetero) is 1. The Morgan fingerprint density at radius 3 is 1.95 bits per heavy atom. The Kier molecular flexibility index (Phi) is 10.8. The molecule has 2 aromatic carbocycles. The second kappa shape index (κ2) is 14.3. The van der Waals surface area contributed by atoms with E-state index in [1.165, 1.54) is 14.0 Å². The predicted octanol–water partition coefficient (Wildman–Crippen LogP) is 5.51. The van der Waals surface area contributed by atoms with Crippen molar-refractivity contribution in [3.05, 3.63) is 83.4 Å². The van der Waals surface area contributed by atoms with Crippen LogP contribution < -0.4 is 0 Å². The van der Waals surface area contributed by atoms with Crippen LogP contribution in [-0.2, 0) is 46.6 Å². The van der Waals surface area contributed by atoms with E-state index >= 15 is 0 Å². The highest BCUT2D eigenvalue weighted by molar-refractivity contribution is 6.05. The lowest BCUT2D eigenvalue weighted by Crippen LogP contribution is -2.45. The largest absolute Gasteiger partial charge is 0.469 e. The van der Waals surface area contributed by atoms with Crippen LogP contribution in [-0.4, -0.2) is 30.8 Å². The average Bonchev–Trinajstić information content (AvgIpc) is 3.32. The van der Waals surface area contributed by atoms with Gasteiger partial charge < -0.3 is 14.2 Å². The summed E-state index contributed by atoms with van der Waals surface area (Å²) in [6.07, 6.45) is 5.69. The zero-order valence-electron chi connectivity index (χ0n) is 22.1. The van der Waals surface area contributed by atoms with Crippen LogP contribution in [0.1, 0.15) is 63.0 Å². The number of carbonyl (C=O) groups excluding carboxylic acids is 4. The first-order valence-electron chi connectivity index (χ1n) is 13.1. The van der Waals surface area contributed by atoms with Crippen LogP contribution in [0.15, 0.2) is 72.3 Å². The fourth-order valence-corrected chi connectivity index (χ4v) is 4.69. The maximum Gasteiger partial charge on any atom is 0.324 e. The van der Waals surface area contributed by atoms with Gasteiger partial charge in [0.2, 0.25) is 0 Å². The Morgan fingerprint density at radius 2 is 1.42 bits per heavy atom. The Morgan fingerprint density at radius 1 is 0.868 bits per heavy atom. The molecule has 1 fully saturated rings. The van der Waals surface area contributed by atoms with Gasteiger partial charge in [-0.2, -0.15) is 0 Å². The molecule has 0 radical (unpaired) electrons. The van der Waals surface area contributed by atoms with E-state index < -0.39 is 23.3 Å². The lowest BCUT2D eigenvalue weighted by molar-refractivity contribution is -0.176. The second-order valence-corrected chi connectivity index (χ2v) is 9.68. The third-order valence-corrected chi connectivity index (χ3v) is 7.00. The van der Waals surface area contributed by atoms with E-state index in [2.05, 4.69) is 4.74 Å². The molecule has 0 aliphatic heterocycles. The molecule has 0 spiro atoms. The quantitative estimate of drug-likeness (QED) is 0.113. The van der Waals surface area contributed by atoms with Crippen molar-refractivity contribution in [1.29, 1.82) is 0 Å². The summed E-state index contributed by atoms with van der Waals surface area (Å²) in [5, 5.41) is 0. The van der Waals surface area contributed by atoms with Crippen LogP contribution in [0.5, 0.6) is 0 Å². The Labute approximate surface area is 224 Å². The molecule has 0 amide bonds. The summed E-state index contributed by atoms with van der Waals surface area (Å²) in [6, 6.07) is 18.5. The van der Waals surface area contributed by atoms with Crippen molar-refractivity contribution in [2.45, 2.75) is 65.1 Å². The first-order chi connectivity index (χ1) is 18.4. The fourth-order valence-electron chi connectivity index (χ4n) is 4.69. The molecule has 0 aromatic heterocycles. The minimum Gasteiger partial charge on any atom is -0.469 e. The molecule has 0 unspecified atom stereocenters. The molecule has 1 aliphatic carbocycles. The zero-order valence-corrected chi connectivity index (χ0v) is 22.1. The maximum atomic E-state index is 13.5. The van der Waals surface area contributed by atoms with E-state index in [-0.39, 0.29) is 31.4 Å². The zero-order chi connectivity index (χ0) is 27.4. The van der Waals surface area contributed by atoms with Crippen molar-refractivity contribution >= 4 is 23.7 Å². The fraction of sp³-hybridized carbons (Fsp3) is 0.419. The van der Waals surface area contributed by atoms with Crippen molar-refractivity contribution in [2.75, 3.05) is 7.11 Å². The number of unbranched alkanes of at least 4 members (excludes halogenated alkanes) is 3. The molecular formula is C31H36O7. The van der Waals surface area contributed by atoms with Gasteiger partial charge in [0.1, 0.15) is 13.2 Å². The third-order valence-electron chi connectivity index (χ3n) is 7.00. The van der Waals surface area contributed by atoms with Crippen LogP contribution in [0.3, 0.4) is 0 Å². The minimum absolute atomic E-state index is 0.0150. The molecular weight excluding hydrogens is 484 g/mol. The highest BCUT2D eigenvalue weighted by atomic mass is 16.6. The van der Waals surface area contributed by atoms with E-state index in [1.807, 2.05) is 66.7 Å². The summed E-state index contributed by atoms with van der Waals surface area (Å²) in [6.45, 7) is 1.56. The number of hydrogen-bond acceptors (Lipinski definition) is 7. The monoisotopic (exact) mass is 520 g/mol. The van der Waals surface area contributed by atoms with Gasteiger partial charge in [0.05, 0.1) is 7.11 Å². The number of esters is 3. The molecule has 38 heavy (non-hydrogen) atoms. The number of allylic oxidation sites excluding steroid dienone is 2. The lowest BCUT2D eigenvalue weighted by Gasteiger charge is -2.31. The predicted molar refractivity (Wildman–Crippen MR) is 141 cm³/mol. The molecule has 2 aromatic rings. The third kappa shape index (κ3) is 7.63. The SMILES string of the molecule is COC(=O)CCCCC/C=C1/C(=O)CC[C@@H]1C(C)(C(=O)OCc1ccccc1)C(=O)OCc1ccccc1. The first-order valence-corrected chi connectivity index (χ1v) is 13.1. The van der Waals surface area contributed by atoms with Gasteiger partial charge in [0.25, 0.3) is 0 Å². The number of ether oxygens (including phenoxy) is 3. The Bertz CT molecular complexity index is 1070. The molecule has 3 rings (SSSR count). The van der Waals surface area contributed by atoms with Crippen LogP contribution in [0, 0.1) is 11.3 Å². The Balaban J connectivity index is 1.76. The van der Waals surface area contributed by atoms with Gasteiger partial charge in [-0.1, -0.05) is 73.2 Å². The molecule has 1 saturated carbocycles. The molecule has 1 aliphatic rings. The van der Waals surface area contributed by atoms with Gasteiger partial charge in [0.15, 0.2) is 11.2 Å². The number of hydrogen-bond donors (Lipinski definition) is 0.